The summed E-state index contributed by atoms with van der Waals surface area (Å²) in [6, 6.07) is 5.33. The monoisotopic (exact) mass is 200 g/mol. The van der Waals surface area contributed by atoms with Crippen molar-refractivity contribution < 1.29 is 18.1 Å². The molecule has 0 unspecified atom stereocenters. The lowest BCUT2D eigenvalue weighted by atomic mass is 10.3. The summed E-state index contributed by atoms with van der Waals surface area (Å²) >= 11 is 0. The largest absolute Gasteiger partial charge is 0.569 e. The lowest BCUT2D eigenvalue weighted by Crippen LogP contribution is -2.11. The second-order valence-electron chi connectivity index (χ2n) is 2.24. The van der Waals surface area contributed by atoms with Crippen molar-refractivity contribution in [2.24, 2.45) is 5.14 Å². The van der Waals surface area contributed by atoms with Gasteiger partial charge in [-0.2, -0.15) is 0 Å². The van der Waals surface area contributed by atoms with Gasteiger partial charge in [-0.15, -0.1) is 0 Å². The van der Waals surface area contributed by atoms with Gasteiger partial charge >= 0.3 is 7.69 Å². The van der Waals surface area contributed by atoms with E-state index in [2.05, 4.69) is 4.65 Å². The fourth-order valence-electron chi connectivity index (χ4n) is 0.769. The van der Waals surface area contributed by atoms with Gasteiger partial charge in [-0.1, -0.05) is 0 Å². The Hall–Kier alpha value is -1.05. The highest BCUT2D eigenvalue weighted by Gasteiger charge is 2.06. The van der Waals surface area contributed by atoms with Crippen LogP contribution in [0.4, 0.5) is 0 Å². The van der Waals surface area contributed by atoms with E-state index < -0.39 is 10.0 Å². The first kappa shape index (κ1) is 10.0. The Morgan fingerprint density at radius 3 is 2.23 bits per heavy atom. The van der Waals surface area contributed by atoms with Crippen LogP contribution in [0.5, 0.6) is 5.75 Å². The molecule has 1 rings (SSSR count). The van der Waals surface area contributed by atoms with E-state index in [4.69, 9.17) is 10.2 Å². The molecule has 13 heavy (non-hydrogen) atoms. The second kappa shape index (κ2) is 3.78. The van der Waals surface area contributed by atoms with Gasteiger partial charge in [0.05, 0.1) is 4.90 Å². The molecule has 0 aliphatic carbocycles. The molecule has 1 radical (unpaired) electrons. The van der Waals surface area contributed by atoms with Gasteiger partial charge in [0.15, 0.2) is 0 Å². The van der Waals surface area contributed by atoms with E-state index in [1.807, 2.05) is 0 Å². The third-order valence-corrected chi connectivity index (χ3v) is 2.27. The predicted molar refractivity (Wildman–Crippen MR) is 46.4 cm³/mol. The van der Waals surface area contributed by atoms with E-state index >= 15 is 0 Å². The Morgan fingerprint density at radius 2 is 1.85 bits per heavy atom. The molecule has 0 aromatic heterocycles. The lowest BCUT2D eigenvalue weighted by Gasteiger charge is -2.01. The quantitative estimate of drug-likeness (QED) is 0.627. The van der Waals surface area contributed by atoms with Crippen LogP contribution in [0.1, 0.15) is 0 Å². The fourth-order valence-corrected chi connectivity index (χ4v) is 1.28. The van der Waals surface area contributed by atoms with E-state index in [9.17, 15) is 8.42 Å². The molecule has 0 heterocycles. The zero-order valence-electron chi connectivity index (χ0n) is 6.54. The number of rotatable bonds is 3. The van der Waals surface area contributed by atoms with Crippen molar-refractivity contribution in [3.8, 4) is 5.75 Å². The molecular formula is C6H7BNO4S. The smallest absolute Gasteiger partial charge is 0.537 e. The fraction of sp³-hybridized carbons (Fsp3) is 0. The van der Waals surface area contributed by atoms with E-state index in [0.717, 1.165) is 0 Å². The number of nitrogens with two attached hydrogens (primary N) is 1. The van der Waals surface area contributed by atoms with Crippen LogP contribution in [-0.2, 0) is 10.0 Å². The molecule has 1 aromatic rings. The molecular weight excluding hydrogens is 193 g/mol. The van der Waals surface area contributed by atoms with Gasteiger partial charge in [0.1, 0.15) is 5.75 Å². The summed E-state index contributed by atoms with van der Waals surface area (Å²) in [7, 11) is -3.16. The van der Waals surface area contributed by atoms with Crippen LogP contribution in [-0.4, -0.2) is 21.1 Å². The van der Waals surface area contributed by atoms with Crippen molar-refractivity contribution in [3.05, 3.63) is 24.3 Å². The molecule has 0 aliphatic rings. The van der Waals surface area contributed by atoms with Gasteiger partial charge in [0.25, 0.3) is 0 Å². The molecule has 0 bridgehead atoms. The van der Waals surface area contributed by atoms with E-state index in [1.165, 1.54) is 24.3 Å². The van der Waals surface area contributed by atoms with Crippen LogP contribution in [0.15, 0.2) is 29.2 Å². The summed E-state index contributed by atoms with van der Waals surface area (Å²) in [6.45, 7) is 0. The molecule has 5 nitrogen and oxygen atoms in total. The summed E-state index contributed by atoms with van der Waals surface area (Å²) in [6.07, 6.45) is 0. The van der Waals surface area contributed by atoms with Crippen molar-refractivity contribution >= 4 is 17.7 Å². The molecule has 0 atom stereocenters. The number of hydrogen-bond donors (Lipinski definition) is 2. The number of hydrogen-bond acceptors (Lipinski definition) is 4. The van der Waals surface area contributed by atoms with Crippen molar-refractivity contribution in [2.75, 3.05) is 0 Å². The predicted octanol–water partition coefficient (Wildman–Crippen LogP) is -0.761. The lowest BCUT2D eigenvalue weighted by molar-refractivity contribution is 0.453. The molecule has 3 N–H and O–H groups in total. The van der Waals surface area contributed by atoms with Crippen molar-refractivity contribution in [1.82, 2.24) is 0 Å². The summed E-state index contributed by atoms with van der Waals surface area (Å²) in [5.41, 5.74) is 0. The van der Waals surface area contributed by atoms with E-state index in [0.29, 0.717) is 13.4 Å². The molecule has 0 saturated carbocycles. The van der Waals surface area contributed by atoms with Crippen molar-refractivity contribution in [2.45, 2.75) is 4.90 Å². The van der Waals surface area contributed by atoms with Crippen LogP contribution in [0.25, 0.3) is 0 Å². The highest BCUT2D eigenvalue weighted by molar-refractivity contribution is 7.89. The topological polar surface area (TPSA) is 89.6 Å². The standard InChI is InChI=1S/C6H7BNO4S/c8-13(10,11)6-3-1-5(2-4-6)12-7-9/h1-4,9H,(H2,8,10,11). The Balaban J connectivity index is 2.94. The summed E-state index contributed by atoms with van der Waals surface area (Å²) in [5, 5.41) is 13.1. The van der Waals surface area contributed by atoms with Crippen LogP contribution in [0.3, 0.4) is 0 Å². The molecule has 0 aliphatic heterocycles. The van der Waals surface area contributed by atoms with Crippen molar-refractivity contribution in [3.63, 3.8) is 0 Å². The third kappa shape index (κ3) is 2.73. The molecule has 0 spiro atoms. The minimum atomic E-state index is -3.66. The van der Waals surface area contributed by atoms with Gasteiger partial charge in [0, 0.05) is 0 Å². The highest BCUT2D eigenvalue weighted by Crippen LogP contribution is 2.13. The van der Waals surface area contributed by atoms with Gasteiger partial charge in [-0.25, -0.2) is 13.6 Å². The third-order valence-electron chi connectivity index (χ3n) is 1.34. The molecule has 69 valence electrons. The van der Waals surface area contributed by atoms with Gasteiger partial charge in [0.2, 0.25) is 10.0 Å². The molecule has 0 amide bonds. The summed E-state index contributed by atoms with van der Waals surface area (Å²) in [5.74, 6) is 0.329. The SMILES string of the molecule is NS(=O)(=O)c1ccc(O[B]O)cc1. The highest BCUT2D eigenvalue weighted by atomic mass is 32.2. The number of benzene rings is 1. The Morgan fingerprint density at radius 1 is 1.31 bits per heavy atom. The van der Waals surface area contributed by atoms with Gasteiger partial charge in [-0.05, 0) is 24.3 Å². The average Bonchev–Trinajstić information content (AvgIpc) is 2.04. The zero-order chi connectivity index (χ0) is 9.90. The summed E-state index contributed by atoms with van der Waals surface area (Å²) in [4.78, 5) is -0.00205. The Kier molecular flexibility index (Phi) is 2.92. The Labute approximate surface area is 76.5 Å². The maximum Gasteiger partial charge on any atom is 0.569 e. The van der Waals surface area contributed by atoms with Gasteiger partial charge < -0.3 is 9.68 Å². The molecule has 0 fully saturated rings. The second-order valence-corrected chi connectivity index (χ2v) is 3.80. The number of sulfonamides is 1. The average molecular weight is 200 g/mol. The Bertz CT molecular complexity index is 374. The van der Waals surface area contributed by atoms with Crippen LogP contribution < -0.4 is 9.79 Å². The minimum absolute atomic E-state index is 0.00205. The van der Waals surface area contributed by atoms with Gasteiger partial charge in [-0.3, -0.25) is 0 Å². The van der Waals surface area contributed by atoms with E-state index in [1.54, 1.807) is 0 Å². The minimum Gasteiger partial charge on any atom is -0.537 e. The zero-order valence-corrected chi connectivity index (χ0v) is 7.36. The molecule has 7 heteroatoms. The number of primary sulfonamides is 1. The van der Waals surface area contributed by atoms with E-state index in [-0.39, 0.29) is 4.90 Å². The molecule has 0 saturated heterocycles. The van der Waals surface area contributed by atoms with Crippen LogP contribution in [0.2, 0.25) is 0 Å². The summed E-state index contributed by atoms with van der Waals surface area (Å²) < 4.78 is 26.1. The van der Waals surface area contributed by atoms with Crippen LogP contribution >= 0.6 is 0 Å². The normalized spacial score (nSPS) is 10.9. The maximum absolute atomic E-state index is 10.8. The maximum atomic E-state index is 10.8. The first-order chi connectivity index (χ1) is 6.04. The molecule has 1 aromatic carbocycles. The van der Waals surface area contributed by atoms with Crippen molar-refractivity contribution in [1.29, 1.82) is 0 Å². The first-order valence-corrected chi connectivity index (χ1v) is 4.84. The first-order valence-electron chi connectivity index (χ1n) is 3.29. The van der Waals surface area contributed by atoms with Crippen LogP contribution in [0, 0.1) is 0 Å².